The first kappa shape index (κ1) is 18.2. The van der Waals surface area contributed by atoms with Crippen molar-refractivity contribution in [1.82, 2.24) is 0 Å². The zero-order chi connectivity index (χ0) is 18.1. The van der Waals surface area contributed by atoms with Crippen molar-refractivity contribution in [1.29, 1.82) is 0 Å². The fraction of sp³-hybridized carbons (Fsp3) is 0.118. The van der Waals surface area contributed by atoms with Gasteiger partial charge in [-0.15, -0.1) is 0 Å². The molecule has 0 unspecified atom stereocenters. The van der Waals surface area contributed by atoms with Crippen molar-refractivity contribution < 1.29 is 19.1 Å². The molecule has 0 spiro atoms. The third-order valence-corrected chi connectivity index (χ3v) is 5.57. The maximum Gasteiger partial charge on any atom is 0.339 e. The predicted octanol–water partition coefficient (Wildman–Crippen LogP) is 4.62. The van der Waals surface area contributed by atoms with Gasteiger partial charge in [-0.1, -0.05) is 28.1 Å². The number of amides is 1. The van der Waals surface area contributed by atoms with Crippen LogP contribution >= 0.6 is 43.8 Å². The van der Waals surface area contributed by atoms with Crippen LogP contribution in [0.3, 0.4) is 0 Å². The Morgan fingerprint density at radius 2 is 1.92 bits per heavy atom. The predicted molar refractivity (Wildman–Crippen MR) is 102 cm³/mol. The summed E-state index contributed by atoms with van der Waals surface area (Å²) in [5, 5.41) is 0. The smallest absolute Gasteiger partial charge is 0.339 e. The summed E-state index contributed by atoms with van der Waals surface area (Å²) in [6, 6.07) is 10.2. The highest BCUT2D eigenvalue weighted by Gasteiger charge is 2.39. The van der Waals surface area contributed by atoms with E-state index in [2.05, 4.69) is 31.9 Å². The van der Waals surface area contributed by atoms with Gasteiger partial charge in [-0.05, 0) is 59.1 Å². The monoisotopic (exact) mass is 483 g/mol. The van der Waals surface area contributed by atoms with Crippen molar-refractivity contribution in [3.63, 3.8) is 0 Å². The van der Waals surface area contributed by atoms with Gasteiger partial charge in [0.25, 0.3) is 5.78 Å². The molecular weight excluding hydrogens is 474 g/mol. The molecule has 1 heterocycles. The minimum absolute atomic E-state index is 0.251. The number of fused-ring (bicyclic) bond motifs is 1. The molecule has 128 valence electrons. The zero-order valence-corrected chi connectivity index (χ0v) is 16.9. The summed E-state index contributed by atoms with van der Waals surface area (Å²) in [7, 11) is 0. The molecule has 0 aromatic heterocycles. The fourth-order valence-corrected chi connectivity index (χ4v) is 4.92. The van der Waals surface area contributed by atoms with Crippen LogP contribution in [0.5, 0.6) is 0 Å². The molecule has 1 aliphatic heterocycles. The lowest BCUT2D eigenvalue weighted by atomic mass is 10.1. The first-order chi connectivity index (χ1) is 11.9. The minimum atomic E-state index is -0.655. The lowest BCUT2D eigenvalue weighted by Gasteiger charge is -2.18. The third kappa shape index (κ3) is 3.38. The van der Waals surface area contributed by atoms with Crippen LogP contribution in [0.25, 0.3) is 0 Å². The van der Waals surface area contributed by atoms with Crippen molar-refractivity contribution in [3.8, 4) is 0 Å². The molecule has 0 aliphatic carbocycles. The topological polar surface area (TPSA) is 63.7 Å². The Hall–Kier alpha value is -1.64. The Bertz CT molecular complexity index is 900. The molecule has 8 heteroatoms. The van der Waals surface area contributed by atoms with E-state index in [4.69, 9.17) is 4.74 Å². The van der Waals surface area contributed by atoms with Crippen molar-refractivity contribution in [3.05, 3.63) is 56.5 Å². The fourth-order valence-electron chi connectivity index (χ4n) is 2.36. The molecule has 0 N–H and O–H groups in total. The summed E-state index contributed by atoms with van der Waals surface area (Å²) < 4.78 is 7.65. The molecular formula is C17H11Br2NO4S. The largest absolute Gasteiger partial charge is 0.462 e. The number of carbonyl (C=O) groups excluding carboxylic acids is 3. The number of rotatable bonds is 4. The van der Waals surface area contributed by atoms with Gasteiger partial charge in [-0.25, -0.2) is 9.10 Å². The van der Waals surface area contributed by atoms with Crippen LogP contribution in [0.15, 0.2) is 50.2 Å². The lowest BCUT2D eigenvalue weighted by Crippen LogP contribution is -2.23. The average Bonchev–Trinajstić information content (AvgIpc) is 2.81. The third-order valence-electron chi connectivity index (χ3n) is 3.43. The molecule has 0 atom stereocenters. The van der Waals surface area contributed by atoms with E-state index < -0.39 is 17.7 Å². The van der Waals surface area contributed by atoms with E-state index >= 15 is 0 Å². The molecule has 0 saturated heterocycles. The quantitative estimate of drug-likeness (QED) is 0.359. The highest BCUT2D eigenvalue weighted by molar-refractivity contribution is 9.11. The molecule has 0 bridgehead atoms. The normalized spacial score (nSPS) is 13.2. The SMILES string of the molecule is CCOC(=O)c1ccccc1SN1C(=O)C(=O)c2cc(Br)cc(Br)c21. The summed E-state index contributed by atoms with van der Waals surface area (Å²) in [4.78, 5) is 37.4. The van der Waals surface area contributed by atoms with Crippen LogP contribution < -0.4 is 4.31 Å². The van der Waals surface area contributed by atoms with Crippen molar-refractivity contribution in [2.75, 3.05) is 10.9 Å². The lowest BCUT2D eigenvalue weighted by molar-refractivity contribution is -0.113. The second-order valence-electron chi connectivity index (χ2n) is 5.02. The van der Waals surface area contributed by atoms with Crippen LogP contribution in [0.1, 0.15) is 27.6 Å². The Morgan fingerprint density at radius 1 is 1.20 bits per heavy atom. The standard InChI is InChI=1S/C17H11Br2NO4S/c1-2-24-17(23)10-5-3-4-6-13(10)25-20-14-11(15(21)16(20)22)7-9(18)8-12(14)19/h3-8H,2H2,1H3. The number of ether oxygens (including phenoxy) is 1. The molecule has 0 saturated carbocycles. The molecule has 1 aliphatic rings. The maximum atomic E-state index is 12.4. The number of esters is 1. The number of hydrogen-bond acceptors (Lipinski definition) is 5. The van der Waals surface area contributed by atoms with Gasteiger partial charge in [0.1, 0.15) is 0 Å². The molecule has 25 heavy (non-hydrogen) atoms. The number of halogens is 2. The molecule has 2 aromatic carbocycles. The Kier molecular flexibility index (Phi) is 5.31. The molecule has 3 rings (SSSR count). The van der Waals surface area contributed by atoms with Gasteiger partial charge < -0.3 is 4.74 Å². The van der Waals surface area contributed by atoms with Crippen molar-refractivity contribution >= 4 is 67.2 Å². The highest BCUT2D eigenvalue weighted by atomic mass is 79.9. The summed E-state index contributed by atoms with van der Waals surface area (Å²) in [5.74, 6) is -1.71. The molecule has 2 aromatic rings. The first-order valence-electron chi connectivity index (χ1n) is 7.26. The summed E-state index contributed by atoms with van der Waals surface area (Å²) in [5.41, 5.74) is 1.13. The van der Waals surface area contributed by atoms with E-state index in [0.29, 0.717) is 30.7 Å². The number of carbonyl (C=O) groups is 3. The van der Waals surface area contributed by atoms with E-state index in [9.17, 15) is 14.4 Å². The first-order valence-corrected chi connectivity index (χ1v) is 9.62. The van der Waals surface area contributed by atoms with Crippen LogP contribution in [-0.4, -0.2) is 24.3 Å². The number of nitrogens with zero attached hydrogens (tertiary/aromatic N) is 1. The van der Waals surface area contributed by atoms with Gasteiger partial charge in [-0.3, -0.25) is 9.59 Å². The van der Waals surface area contributed by atoms with Crippen LogP contribution in [-0.2, 0) is 9.53 Å². The van der Waals surface area contributed by atoms with Crippen LogP contribution in [0.4, 0.5) is 5.69 Å². The molecule has 5 nitrogen and oxygen atoms in total. The molecule has 1 amide bonds. The van der Waals surface area contributed by atoms with E-state index in [1.165, 1.54) is 4.31 Å². The van der Waals surface area contributed by atoms with Crippen LogP contribution in [0, 0.1) is 0 Å². The minimum Gasteiger partial charge on any atom is -0.462 e. The number of benzene rings is 2. The van der Waals surface area contributed by atoms with E-state index in [1.807, 2.05) is 0 Å². The second-order valence-corrected chi connectivity index (χ2v) is 7.78. The zero-order valence-electron chi connectivity index (χ0n) is 12.9. The van der Waals surface area contributed by atoms with Gasteiger partial charge >= 0.3 is 11.9 Å². The van der Waals surface area contributed by atoms with Gasteiger partial charge in [-0.2, -0.15) is 0 Å². The number of hydrogen-bond donors (Lipinski definition) is 0. The summed E-state index contributed by atoms with van der Waals surface area (Å²) >= 11 is 7.74. The number of Topliss-reactive ketones (excluding diaryl/α,β-unsaturated/α-hetero) is 1. The van der Waals surface area contributed by atoms with Gasteiger partial charge in [0, 0.05) is 13.8 Å². The van der Waals surface area contributed by atoms with E-state index in [0.717, 1.165) is 11.9 Å². The molecule has 0 fully saturated rings. The Labute approximate surface area is 165 Å². The number of anilines is 1. The summed E-state index contributed by atoms with van der Waals surface area (Å²) in [6.45, 7) is 1.98. The Balaban J connectivity index is 2.02. The van der Waals surface area contributed by atoms with Crippen LogP contribution in [0.2, 0.25) is 0 Å². The number of ketones is 1. The van der Waals surface area contributed by atoms with Gasteiger partial charge in [0.05, 0.1) is 23.4 Å². The Morgan fingerprint density at radius 3 is 2.64 bits per heavy atom. The van der Waals surface area contributed by atoms with E-state index in [1.54, 1.807) is 43.3 Å². The van der Waals surface area contributed by atoms with Crippen molar-refractivity contribution in [2.24, 2.45) is 0 Å². The average molecular weight is 485 g/mol. The van der Waals surface area contributed by atoms with Gasteiger partial charge in [0.15, 0.2) is 0 Å². The highest BCUT2D eigenvalue weighted by Crippen LogP contribution is 2.44. The van der Waals surface area contributed by atoms with E-state index in [-0.39, 0.29) is 6.61 Å². The van der Waals surface area contributed by atoms with Crippen molar-refractivity contribution in [2.45, 2.75) is 11.8 Å². The van der Waals surface area contributed by atoms with Gasteiger partial charge in [0.2, 0.25) is 0 Å². The maximum absolute atomic E-state index is 12.4. The second kappa shape index (κ2) is 7.31. The summed E-state index contributed by atoms with van der Waals surface area (Å²) in [6.07, 6.45) is 0. The molecule has 0 radical (unpaired) electrons.